The van der Waals surface area contributed by atoms with Crippen molar-refractivity contribution in [1.29, 1.82) is 0 Å². The van der Waals surface area contributed by atoms with Crippen LogP contribution in [0.1, 0.15) is 11.1 Å². The van der Waals surface area contributed by atoms with Gasteiger partial charge in [0, 0.05) is 17.8 Å². The first kappa shape index (κ1) is 14.2. The van der Waals surface area contributed by atoms with Gasteiger partial charge in [-0.3, -0.25) is 0 Å². The third kappa shape index (κ3) is 3.28. The molecule has 0 aliphatic carbocycles. The van der Waals surface area contributed by atoms with Gasteiger partial charge in [0.05, 0.1) is 6.54 Å². The fourth-order valence-corrected chi connectivity index (χ4v) is 2.19. The highest BCUT2D eigenvalue weighted by atomic mass is 19.1. The molecule has 3 aromatic rings. The molecule has 0 atom stereocenters. The third-order valence-electron chi connectivity index (χ3n) is 3.29. The Morgan fingerprint density at radius 3 is 2.73 bits per heavy atom. The Bertz CT molecular complexity index is 757. The van der Waals surface area contributed by atoms with Crippen molar-refractivity contribution in [3.8, 4) is 0 Å². The van der Waals surface area contributed by atoms with Crippen LogP contribution in [-0.4, -0.2) is 14.8 Å². The number of anilines is 1. The summed E-state index contributed by atoms with van der Waals surface area (Å²) >= 11 is 0. The Morgan fingerprint density at radius 1 is 1.05 bits per heavy atom. The molecule has 0 fully saturated rings. The lowest BCUT2D eigenvalue weighted by molar-refractivity contribution is 0.587. The summed E-state index contributed by atoms with van der Waals surface area (Å²) in [5.74, 6) is -0.878. The molecule has 0 aliphatic rings. The molecule has 0 saturated carbocycles. The summed E-state index contributed by atoms with van der Waals surface area (Å²) in [6.45, 7) is 0.757. The average molecular weight is 300 g/mol. The summed E-state index contributed by atoms with van der Waals surface area (Å²) < 4.78 is 28.5. The van der Waals surface area contributed by atoms with Gasteiger partial charge in [-0.2, -0.15) is 5.10 Å². The van der Waals surface area contributed by atoms with Crippen molar-refractivity contribution < 1.29 is 8.78 Å². The number of rotatable bonds is 5. The number of benzene rings is 2. The first-order valence-electron chi connectivity index (χ1n) is 6.80. The molecule has 2 aromatic carbocycles. The standard InChI is InChI=1S/C16H14F2N4/c17-14-5-6-15(18)13(7-14)8-20-16-4-2-1-3-12(16)9-22-11-19-10-21-22/h1-7,10-11,20H,8-9H2. The van der Waals surface area contributed by atoms with Crippen LogP contribution in [0.4, 0.5) is 14.5 Å². The number of nitrogens with one attached hydrogen (secondary N) is 1. The van der Waals surface area contributed by atoms with Gasteiger partial charge in [0.25, 0.3) is 0 Å². The van der Waals surface area contributed by atoms with Gasteiger partial charge in [0.2, 0.25) is 0 Å². The topological polar surface area (TPSA) is 42.7 Å². The number of para-hydroxylation sites is 1. The van der Waals surface area contributed by atoms with Gasteiger partial charge < -0.3 is 5.32 Å². The van der Waals surface area contributed by atoms with Crippen LogP contribution < -0.4 is 5.32 Å². The van der Waals surface area contributed by atoms with Gasteiger partial charge in [-0.25, -0.2) is 18.4 Å². The molecular weight excluding hydrogens is 286 g/mol. The van der Waals surface area contributed by atoms with Crippen molar-refractivity contribution in [2.24, 2.45) is 0 Å². The lowest BCUT2D eigenvalue weighted by Crippen LogP contribution is -2.07. The van der Waals surface area contributed by atoms with E-state index in [4.69, 9.17) is 0 Å². The van der Waals surface area contributed by atoms with Gasteiger partial charge in [-0.05, 0) is 29.8 Å². The number of hydrogen-bond acceptors (Lipinski definition) is 3. The molecular formula is C16H14F2N4. The molecule has 0 amide bonds. The summed E-state index contributed by atoms with van der Waals surface area (Å²) in [6, 6.07) is 11.1. The van der Waals surface area contributed by atoms with Crippen LogP contribution in [0.2, 0.25) is 0 Å². The van der Waals surface area contributed by atoms with Crippen LogP contribution in [0, 0.1) is 11.6 Å². The first-order valence-corrected chi connectivity index (χ1v) is 6.80. The Kier molecular flexibility index (Phi) is 4.09. The predicted octanol–water partition coefficient (Wildman–Crippen LogP) is 3.22. The van der Waals surface area contributed by atoms with E-state index in [1.165, 1.54) is 12.4 Å². The van der Waals surface area contributed by atoms with Crippen molar-refractivity contribution in [2.45, 2.75) is 13.1 Å². The van der Waals surface area contributed by atoms with Gasteiger partial charge in [0.15, 0.2) is 0 Å². The summed E-state index contributed by atoms with van der Waals surface area (Å²) in [5.41, 5.74) is 2.13. The first-order chi connectivity index (χ1) is 10.7. The molecule has 4 nitrogen and oxygen atoms in total. The third-order valence-corrected chi connectivity index (χ3v) is 3.29. The molecule has 22 heavy (non-hydrogen) atoms. The average Bonchev–Trinajstić information content (AvgIpc) is 3.02. The fourth-order valence-electron chi connectivity index (χ4n) is 2.19. The van der Waals surface area contributed by atoms with E-state index in [1.807, 2.05) is 24.3 Å². The minimum atomic E-state index is -0.450. The second-order valence-corrected chi connectivity index (χ2v) is 4.84. The molecule has 0 radical (unpaired) electrons. The van der Waals surface area contributed by atoms with Gasteiger partial charge >= 0.3 is 0 Å². The van der Waals surface area contributed by atoms with Crippen LogP contribution >= 0.6 is 0 Å². The Labute approximate surface area is 126 Å². The molecule has 3 rings (SSSR count). The molecule has 1 heterocycles. The van der Waals surface area contributed by atoms with E-state index in [1.54, 1.807) is 11.0 Å². The Balaban J connectivity index is 1.76. The van der Waals surface area contributed by atoms with E-state index in [2.05, 4.69) is 15.4 Å². The van der Waals surface area contributed by atoms with Crippen LogP contribution in [0.5, 0.6) is 0 Å². The molecule has 0 saturated heterocycles. The van der Waals surface area contributed by atoms with Crippen molar-refractivity contribution in [3.63, 3.8) is 0 Å². The SMILES string of the molecule is Fc1ccc(F)c(CNc2ccccc2Cn2cncn2)c1. The minimum Gasteiger partial charge on any atom is -0.381 e. The van der Waals surface area contributed by atoms with Crippen molar-refractivity contribution in [1.82, 2.24) is 14.8 Å². The molecule has 0 bridgehead atoms. The molecule has 0 aliphatic heterocycles. The lowest BCUT2D eigenvalue weighted by Gasteiger charge is -2.12. The van der Waals surface area contributed by atoms with Gasteiger partial charge in [-0.1, -0.05) is 18.2 Å². The smallest absolute Gasteiger partial charge is 0.137 e. The second kappa shape index (κ2) is 6.34. The van der Waals surface area contributed by atoms with E-state index < -0.39 is 11.6 Å². The molecule has 0 spiro atoms. The van der Waals surface area contributed by atoms with E-state index in [-0.39, 0.29) is 12.1 Å². The van der Waals surface area contributed by atoms with Crippen molar-refractivity contribution in [2.75, 3.05) is 5.32 Å². The van der Waals surface area contributed by atoms with Crippen molar-refractivity contribution >= 4 is 5.69 Å². The maximum Gasteiger partial charge on any atom is 0.137 e. The minimum absolute atomic E-state index is 0.206. The molecule has 112 valence electrons. The van der Waals surface area contributed by atoms with Crippen LogP contribution in [-0.2, 0) is 13.1 Å². The summed E-state index contributed by atoms with van der Waals surface area (Å²) in [4.78, 5) is 3.90. The fraction of sp³-hybridized carbons (Fsp3) is 0.125. The normalized spacial score (nSPS) is 10.6. The predicted molar refractivity (Wildman–Crippen MR) is 79.3 cm³/mol. The Hall–Kier alpha value is -2.76. The number of aromatic nitrogens is 3. The van der Waals surface area contributed by atoms with Crippen LogP contribution in [0.15, 0.2) is 55.1 Å². The van der Waals surface area contributed by atoms with Gasteiger partial charge in [-0.15, -0.1) is 0 Å². The van der Waals surface area contributed by atoms with Gasteiger partial charge in [0.1, 0.15) is 24.3 Å². The number of nitrogens with zero attached hydrogens (tertiary/aromatic N) is 3. The monoisotopic (exact) mass is 300 g/mol. The zero-order valence-electron chi connectivity index (χ0n) is 11.7. The zero-order valence-corrected chi connectivity index (χ0v) is 11.7. The van der Waals surface area contributed by atoms with Crippen LogP contribution in [0.25, 0.3) is 0 Å². The largest absolute Gasteiger partial charge is 0.381 e. The molecule has 1 aromatic heterocycles. The van der Waals surface area contributed by atoms with E-state index in [0.29, 0.717) is 6.54 Å². The molecule has 1 N–H and O–H groups in total. The van der Waals surface area contributed by atoms with E-state index >= 15 is 0 Å². The quantitative estimate of drug-likeness (QED) is 0.787. The summed E-state index contributed by atoms with van der Waals surface area (Å²) in [7, 11) is 0. The highest BCUT2D eigenvalue weighted by Crippen LogP contribution is 2.18. The highest BCUT2D eigenvalue weighted by molar-refractivity contribution is 5.51. The van der Waals surface area contributed by atoms with Crippen molar-refractivity contribution in [3.05, 3.63) is 77.9 Å². The van der Waals surface area contributed by atoms with E-state index in [0.717, 1.165) is 23.4 Å². The van der Waals surface area contributed by atoms with Crippen LogP contribution in [0.3, 0.4) is 0 Å². The molecule has 6 heteroatoms. The second-order valence-electron chi connectivity index (χ2n) is 4.84. The maximum absolute atomic E-state index is 13.6. The zero-order chi connectivity index (χ0) is 15.4. The molecule has 0 unspecified atom stereocenters. The lowest BCUT2D eigenvalue weighted by atomic mass is 10.1. The number of hydrogen-bond donors (Lipinski definition) is 1. The van der Waals surface area contributed by atoms with E-state index in [9.17, 15) is 8.78 Å². The highest BCUT2D eigenvalue weighted by Gasteiger charge is 2.06. The summed E-state index contributed by atoms with van der Waals surface area (Å²) in [6.07, 6.45) is 3.10. The summed E-state index contributed by atoms with van der Waals surface area (Å²) in [5, 5.41) is 7.21. The Morgan fingerprint density at radius 2 is 1.91 bits per heavy atom. The number of halogens is 2. The maximum atomic E-state index is 13.6.